The summed E-state index contributed by atoms with van der Waals surface area (Å²) in [4.78, 5) is 24.3. The van der Waals surface area contributed by atoms with Crippen LogP contribution in [-0.2, 0) is 20.9 Å². The lowest BCUT2D eigenvalue weighted by Gasteiger charge is -2.27. The summed E-state index contributed by atoms with van der Waals surface area (Å²) in [6.07, 6.45) is 4.07. The lowest BCUT2D eigenvalue weighted by atomic mass is 9.99. The summed E-state index contributed by atoms with van der Waals surface area (Å²) >= 11 is 0. The minimum absolute atomic E-state index is 0.00132. The molecule has 0 bridgehead atoms. The Kier molecular flexibility index (Phi) is 5.93. The third-order valence-corrected chi connectivity index (χ3v) is 3.05. The highest BCUT2D eigenvalue weighted by Crippen LogP contribution is 2.14. The predicted octanol–water partition coefficient (Wildman–Crippen LogP) is 1.76. The quantitative estimate of drug-likeness (QED) is 0.812. The molecule has 0 saturated carbocycles. The van der Waals surface area contributed by atoms with Crippen LogP contribution in [0.4, 0.5) is 0 Å². The van der Waals surface area contributed by atoms with Crippen molar-refractivity contribution in [3.8, 4) is 0 Å². The molecule has 0 aromatic carbocycles. The van der Waals surface area contributed by atoms with Gasteiger partial charge in [0.2, 0.25) is 5.91 Å². The van der Waals surface area contributed by atoms with Crippen molar-refractivity contribution in [3.05, 3.63) is 18.5 Å². The molecule has 1 heterocycles. The molecule has 1 amide bonds. The van der Waals surface area contributed by atoms with E-state index >= 15 is 0 Å². The Balaban J connectivity index is 2.69. The van der Waals surface area contributed by atoms with Crippen LogP contribution in [0.3, 0.4) is 0 Å². The Labute approximate surface area is 125 Å². The number of ether oxygens (including phenoxy) is 1. The van der Waals surface area contributed by atoms with Crippen molar-refractivity contribution in [2.45, 2.75) is 59.2 Å². The van der Waals surface area contributed by atoms with Crippen molar-refractivity contribution < 1.29 is 14.3 Å². The highest BCUT2D eigenvalue weighted by molar-refractivity contribution is 5.84. The Bertz CT molecular complexity index is 463. The molecule has 1 rings (SSSR count). The number of rotatable bonds is 6. The van der Waals surface area contributed by atoms with E-state index in [0.29, 0.717) is 0 Å². The molecule has 21 heavy (non-hydrogen) atoms. The highest BCUT2D eigenvalue weighted by Gasteiger charge is 2.30. The van der Waals surface area contributed by atoms with Crippen LogP contribution in [-0.4, -0.2) is 33.3 Å². The third-order valence-electron chi connectivity index (χ3n) is 3.05. The Morgan fingerprint density at radius 1 is 1.38 bits per heavy atom. The molecule has 6 nitrogen and oxygen atoms in total. The summed E-state index contributed by atoms with van der Waals surface area (Å²) in [6.45, 7) is 9.41. The molecule has 0 unspecified atom stereocenters. The minimum Gasteiger partial charge on any atom is -0.458 e. The average molecular weight is 295 g/mol. The van der Waals surface area contributed by atoms with E-state index in [9.17, 15) is 9.59 Å². The topological polar surface area (TPSA) is 73.2 Å². The zero-order chi connectivity index (χ0) is 16.0. The number of amides is 1. The molecule has 1 aromatic rings. The molecule has 0 aliphatic carbocycles. The first-order valence-corrected chi connectivity index (χ1v) is 7.22. The molecule has 0 saturated heterocycles. The standard InChI is InChI=1S/C15H25N3O3/c1-6-11(2)13(14(20)21-15(3,4)5)17-12(19)10-18-9-7-8-16-18/h7-9,11,13H,6,10H2,1-5H3,(H,17,19)/t11-,13-/m0/s1. The van der Waals surface area contributed by atoms with E-state index < -0.39 is 17.6 Å². The summed E-state index contributed by atoms with van der Waals surface area (Å²) in [5.74, 6) is -0.651. The van der Waals surface area contributed by atoms with Gasteiger partial charge in [-0.05, 0) is 32.8 Å². The summed E-state index contributed by atoms with van der Waals surface area (Å²) in [7, 11) is 0. The van der Waals surface area contributed by atoms with Gasteiger partial charge in [-0.15, -0.1) is 0 Å². The lowest BCUT2D eigenvalue weighted by Crippen LogP contribution is -2.48. The molecule has 0 aliphatic heterocycles. The van der Waals surface area contributed by atoms with Crippen molar-refractivity contribution in [1.29, 1.82) is 0 Å². The van der Waals surface area contributed by atoms with Gasteiger partial charge in [0.1, 0.15) is 18.2 Å². The Morgan fingerprint density at radius 3 is 2.52 bits per heavy atom. The van der Waals surface area contributed by atoms with Gasteiger partial charge in [0, 0.05) is 12.4 Å². The van der Waals surface area contributed by atoms with E-state index in [4.69, 9.17) is 4.74 Å². The number of hydrogen-bond acceptors (Lipinski definition) is 4. The van der Waals surface area contributed by atoms with Gasteiger partial charge in [-0.2, -0.15) is 5.10 Å². The van der Waals surface area contributed by atoms with Crippen molar-refractivity contribution in [2.24, 2.45) is 5.92 Å². The fraction of sp³-hybridized carbons (Fsp3) is 0.667. The fourth-order valence-electron chi connectivity index (χ4n) is 1.79. The first-order chi connectivity index (χ1) is 9.73. The van der Waals surface area contributed by atoms with E-state index in [2.05, 4.69) is 10.4 Å². The molecule has 0 spiro atoms. The van der Waals surface area contributed by atoms with Crippen LogP contribution < -0.4 is 5.32 Å². The molecule has 0 fully saturated rings. The molecule has 2 atom stereocenters. The molecule has 6 heteroatoms. The Morgan fingerprint density at radius 2 is 2.05 bits per heavy atom. The van der Waals surface area contributed by atoms with Crippen molar-refractivity contribution in [3.63, 3.8) is 0 Å². The summed E-state index contributed by atoms with van der Waals surface area (Å²) < 4.78 is 6.89. The van der Waals surface area contributed by atoms with Crippen LogP contribution in [0.1, 0.15) is 41.0 Å². The van der Waals surface area contributed by atoms with Gasteiger partial charge < -0.3 is 10.1 Å². The minimum atomic E-state index is -0.641. The second-order valence-corrected chi connectivity index (χ2v) is 6.17. The largest absolute Gasteiger partial charge is 0.458 e. The van der Waals surface area contributed by atoms with Crippen molar-refractivity contribution in [2.75, 3.05) is 0 Å². The van der Waals surface area contributed by atoms with Gasteiger partial charge in [0.25, 0.3) is 0 Å². The molecule has 118 valence electrons. The number of nitrogens with zero attached hydrogens (tertiary/aromatic N) is 2. The molecule has 0 aliphatic rings. The average Bonchev–Trinajstić information content (AvgIpc) is 2.85. The van der Waals surface area contributed by atoms with Gasteiger partial charge in [0.15, 0.2) is 0 Å². The Hall–Kier alpha value is -1.85. The van der Waals surface area contributed by atoms with E-state index in [-0.39, 0.29) is 18.4 Å². The van der Waals surface area contributed by atoms with Crippen LogP contribution >= 0.6 is 0 Å². The summed E-state index contributed by atoms with van der Waals surface area (Å²) in [6, 6.07) is 1.10. The molecular formula is C15H25N3O3. The first kappa shape index (κ1) is 17.2. The van der Waals surface area contributed by atoms with Gasteiger partial charge in [-0.1, -0.05) is 20.3 Å². The number of carbonyl (C=O) groups excluding carboxylic acids is 2. The molecule has 0 radical (unpaired) electrons. The van der Waals surface area contributed by atoms with E-state index in [0.717, 1.165) is 6.42 Å². The maximum Gasteiger partial charge on any atom is 0.329 e. The monoisotopic (exact) mass is 295 g/mol. The summed E-state index contributed by atoms with van der Waals surface area (Å²) in [5, 5.41) is 6.73. The van der Waals surface area contributed by atoms with Crippen molar-refractivity contribution >= 4 is 11.9 Å². The number of esters is 1. The maximum absolute atomic E-state index is 12.2. The zero-order valence-electron chi connectivity index (χ0n) is 13.4. The van der Waals surface area contributed by atoms with Gasteiger partial charge in [-0.3, -0.25) is 9.48 Å². The smallest absolute Gasteiger partial charge is 0.329 e. The third kappa shape index (κ3) is 5.97. The van der Waals surface area contributed by atoms with E-state index in [1.54, 1.807) is 18.5 Å². The lowest BCUT2D eigenvalue weighted by molar-refractivity contribution is -0.160. The van der Waals surface area contributed by atoms with Crippen LogP contribution in [0.25, 0.3) is 0 Å². The van der Waals surface area contributed by atoms with E-state index in [1.165, 1.54) is 4.68 Å². The van der Waals surface area contributed by atoms with Crippen LogP contribution in [0.2, 0.25) is 0 Å². The van der Waals surface area contributed by atoms with Crippen molar-refractivity contribution in [1.82, 2.24) is 15.1 Å². The first-order valence-electron chi connectivity index (χ1n) is 7.22. The predicted molar refractivity (Wildman–Crippen MR) is 79.5 cm³/mol. The molecule has 1 aromatic heterocycles. The van der Waals surface area contributed by atoms with Gasteiger partial charge in [-0.25, -0.2) is 4.79 Å². The summed E-state index contributed by atoms with van der Waals surface area (Å²) in [5.41, 5.74) is -0.574. The zero-order valence-corrected chi connectivity index (χ0v) is 13.4. The van der Waals surface area contributed by atoms with Gasteiger partial charge in [0.05, 0.1) is 0 Å². The number of carbonyl (C=O) groups is 2. The number of aromatic nitrogens is 2. The fourth-order valence-corrected chi connectivity index (χ4v) is 1.79. The second-order valence-electron chi connectivity index (χ2n) is 6.17. The van der Waals surface area contributed by atoms with Gasteiger partial charge >= 0.3 is 5.97 Å². The molecule has 1 N–H and O–H groups in total. The normalized spacial score (nSPS) is 14.3. The van der Waals surface area contributed by atoms with Crippen LogP contribution in [0.15, 0.2) is 18.5 Å². The number of nitrogens with one attached hydrogen (secondary N) is 1. The maximum atomic E-state index is 12.2. The SMILES string of the molecule is CC[C@H](C)[C@H](NC(=O)Cn1cccn1)C(=O)OC(C)(C)C. The van der Waals surface area contributed by atoms with E-state index in [1.807, 2.05) is 34.6 Å². The van der Waals surface area contributed by atoms with Crippen LogP contribution in [0, 0.1) is 5.92 Å². The van der Waals surface area contributed by atoms with Crippen LogP contribution in [0.5, 0.6) is 0 Å². The second kappa shape index (κ2) is 7.24. The number of hydrogen-bond donors (Lipinski definition) is 1. The molecular weight excluding hydrogens is 270 g/mol. The highest BCUT2D eigenvalue weighted by atomic mass is 16.6.